The van der Waals surface area contributed by atoms with E-state index in [0.717, 1.165) is 19.4 Å². The molecule has 23 heavy (non-hydrogen) atoms. The van der Waals surface area contributed by atoms with Crippen LogP contribution in [0.25, 0.3) is 0 Å². The number of hydrogen-bond acceptors (Lipinski definition) is 3. The summed E-state index contributed by atoms with van der Waals surface area (Å²) in [6, 6.07) is 0. The first kappa shape index (κ1) is 22.4. The molecule has 1 rings (SSSR count). The molecule has 1 atom stereocenters. The van der Waals surface area contributed by atoms with Crippen molar-refractivity contribution in [2.45, 2.75) is 110 Å². The van der Waals surface area contributed by atoms with E-state index in [9.17, 15) is 4.79 Å². The molecule has 138 valence electrons. The van der Waals surface area contributed by atoms with Crippen LogP contribution in [0.5, 0.6) is 0 Å². The van der Waals surface area contributed by atoms with Gasteiger partial charge in [-0.15, -0.1) is 0 Å². The minimum atomic E-state index is -0.0569. The van der Waals surface area contributed by atoms with E-state index in [1.807, 2.05) is 0 Å². The number of rotatable bonds is 16. The van der Waals surface area contributed by atoms with Gasteiger partial charge < -0.3 is 9.47 Å². The summed E-state index contributed by atoms with van der Waals surface area (Å²) in [6.07, 6.45) is 18.1. The van der Waals surface area contributed by atoms with Crippen molar-refractivity contribution in [3.63, 3.8) is 0 Å². The van der Waals surface area contributed by atoms with Crippen molar-refractivity contribution in [2.75, 3.05) is 13.2 Å². The quantitative estimate of drug-likeness (QED) is 0.197. The van der Waals surface area contributed by atoms with Gasteiger partial charge in [-0.2, -0.15) is 0 Å². The lowest BCUT2D eigenvalue weighted by atomic mass is 10.0. The number of carbonyl (C=O) groups excluding carboxylic acids is 1. The van der Waals surface area contributed by atoms with Gasteiger partial charge >= 0.3 is 5.97 Å². The van der Waals surface area contributed by atoms with E-state index in [2.05, 4.69) is 6.92 Å². The molecule has 0 aromatic heterocycles. The fraction of sp³-hybridized carbons (Fsp3) is 0.950. The van der Waals surface area contributed by atoms with Gasteiger partial charge in [-0.1, -0.05) is 91.4 Å². The summed E-state index contributed by atoms with van der Waals surface area (Å²) in [7, 11) is 0. The second kappa shape index (κ2) is 16.3. The number of ether oxygens (including phenoxy) is 2. The van der Waals surface area contributed by atoms with Crippen LogP contribution < -0.4 is 0 Å². The molecule has 0 bridgehead atoms. The van der Waals surface area contributed by atoms with Crippen LogP contribution in [0.15, 0.2) is 0 Å². The van der Waals surface area contributed by atoms with Crippen molar-refractivity contribution < 1.29 is 14.3 Å². The third-order valence-corrected chi connectivity index (χ3v) is 4.32. The van der Waals surface area contributed by atoms with E-state index in [1.165, 1.54) is 70.6 Å². The molecule has 1 saturated heterocycles. The van der Waals surface area contributed by atoms with Crippen LogP contribution >= 0.6 is 0 Å². The van der Waals surface area contributed by atoms with E-state index < -0.39 is 0 Å². The highest BCUT2D eigenvalue weighted by molar-refractivity contribution is 5.69. The van der Waals surface area contributed by atoms with Gasteiger partial charge in [0.2, 0.25) is 0 Å². The molecule has 1 unspecified atom stereocenters. The first-order chi connectivity index (χ1) is 10.8. The Bertz CT molecular complexity index is 262. The Morgan fingerprint density at radius 1 is 0.870 bits per heavy atom. The van der Waals surface area contributed by atoms with Gasteiger partial charge in [0.25, 0.3) is 0 Å². The van der Waals surface area contributed by atoms with Crippen molar-refractivity contribution in [2.24, 2.45) is 0 Å². The molecule has 0 aromatic rings. The average Bonchev–Trinajstić information content (AvgIpc) is 3.34. The second-order valence-electron chi connectivity index (χ2n) is 6.63. The van der Waals surface area contributed by atoms with Crippen LogP contribution in [-0.4, -0.2) is 25.3 Å². The third kappa shape index (κ3) is 16.1. The first-order valence-corrected chi connectivity index (χ1v) is 9.60. The van der Waals surface area contributed by atoms with E-state index in [0.29, 0.717) is 13.0 Å². The minimum Gasteiger partial charge on any atom is -0.463 e. The van der Waals surface area contributed by atoms with Crippen LogP contribution in [0.4, 0.5) is 0 Å². The van der Waals surface area contributed by atoms with Gasteiger partial charge in [0, 0.05) is 6.42 Å². The van der Waals surface area contributed by atoms with Crippen LogP contribution in [0.1, 0.15) is 104 Å². The summed E-state index contributed by atoms with van der Waals surface area (Å²) in [5.41, 5.74) is 0. The maximum atomic E-state index is 11.4. The number of unbranched alkanes of at least 4 members (excludes halogenated alkanes) is 12. The first-order valence-electron chi connectivity index (χ1n) is 9.60. The predicted molar refractivity (Wildman–Crippen MR) is 97.7 cm³/mol. The van der Waals surface area contributed by atoms with Crippen LogP contribution in [-0.2, 0) is 14.3 Å². The molecular weight excluding hydrogens is 288 g/mol. The number of epoxide rings is 1. The molecule has 0 spiro atoms. The molecule has 1 fully saturated rings. The highest BCUT2D eigenvalue weighted by atomic mass is 16.6. The number of hydrogen-bond donors (Lipinski definition) is 0. The summed E-state index contributed by atoms with van der Waals surface area (Å²) in [5, 5.41) is 0. The normalized spacial score (nSPS) is 16.0. The molecular formula is C20H40O3. The Morgan fingerprint density at radius 2 is 1.30 bits per heavy atom. The topological polar surface area (TPSA) is 38.8 Å². The van der Waals surface area contributed by atoms with Crippen molar-refractivity contribution in [1.82, 2.24) is 0 Å². The highest BCUT2D eigenvalue weighted by Gasteiger charge is 2.23. The Balaban J connectivity index is 0.00000484. The van der Waals surface area contributed by atoms with Crippen LogP contribution in [0.2, 0.25) is 0 Å². The van der Waals surface area contributed by atoms with Gasteiger partial charge in [0.1, 0.15) is 12.7 Å². The second-order valence-corrected chi connectivity index (χ2v) is 6.63. The average molecular weight is 329 g/mol. The zero-order valence-electron chi connectivity index (χ0n) is 14.6. The van der Waals surface area contributed by atoms with E-state index >= 15 is 0 Å². The smallest absolute Gasteiger partial charge is 0.305 e. The lowest BCUT2D eigenvalue weighted by Gasteiger charge is -2.04. The molecule has 0 amide bonds. The third-order valence-electron chi connectivity index (χ3n) is 4.32. The predicted octanol–water partition coefficient (Wildman–Crippen LogP) is 6.05. The molecule has 1 aliphatic heterocycles. The zero-order valence-corrected chi connectivity index (χ0v) is 14.6. The summed E-state index contributed by atoms with van der Waals surface area (Å²) in [5.74, 6) is -0.0569. The maximum absolute atomic E-state index is 11.4. The summed E-state index contributed by atoms with van der Waals surface area (Å²) < 4.78 is 10.1. The molecule has 0 saturated carbocycles. The highest BCUT2D eigenvalue weighted by Crippen LogP contribution is 2.13. The molecule has 3 nitrogen and oxygen atoms in total. The molecule has 1 aliphatic rings. The van der Waals surface area contributed by atoms with E-state index in [-0.39, 0.29) is 19.5 Å². The molecule has 1 heterocycles. The summed E-state index contributed by atoms with van der Waals surface area (Å²) in [6.45, 7) is 3.48. The Labute approximate surface area is 144 Å². The fourth-order valence-corrected chi connectivity index (χ4v) is 2.71. The lowest BCUT2D eigenvalue weighted by molar-refractivity contribution is -0.144. The Kier molecular flexibility index (Phi) is 15.9. The Morgan fingerprint density at radius 3 is 1.74 bits per heavy atom. The fourth-order valence-electron chi connectivity index (χ4n) is 2.71. The van der Waals surface area contributed by atoms with E-state index in [1.54, 1.807) is 0 Å². The minimum absolute atomic E-state index is 0. The standard InChI is InChI=1S/C19H36O3.CH4/c1-2-3-4-5-6-7-8-9-10-11-12-13-14-15-19(20)22-17-18-16-21-18;/h18H,2-17H2,1H3;1H4. The number of carbonyl (C=O) groups is 1. The van der Waals surface area contributed by atoms with Gasteiger partial charge in [-0.05, 0) is 6.42 Å². The van der Waals surface area contributed by atoms with E-state index in [4.69, 9.17) is 9.47 Å². The molecule has 0 radical (unpaired) electrons. The van der Waals surface area contributed by atoms with Crippen molar-refractivity contribution >= 4 is 5.97 Å². The Hall–Kier alpha value is -0.570. The zero-order chi connectivity index (χ0) is 15.9. The summed E-state index contributed by atoms with van der Waals surface area (Å²) in [4.78, 5) is 11.4. The lowest BCUT2D eigenvalue weighted by Crippen LogP contribution is -2.09. The monoisotopic (exact) mass is 328 g/mol. The van der Waals surface area contributed by atoms with Gasteiger partial charge in [-0.3, -0.25) is 4.79 Å². The van der Waals surface area contributed by atoms with Gasteiger partial charge in [-0.25, -0.2) is 0 Å². The van der Waals surface area contributed by atoms with Crippen molar-refractivity contribution in [1.29, 1.82) is 0 Å². The number of esters is 1. The maximum Gasteiger partial charge on any atom is 0.305 e. The summed E-state index contributed by atoms with van der Waals surface area (Å²) >= 11 is 0. The molecule has 0 N–H and O–H groups in total. The van der Waals surface area contributed by atoms with Crippen LogP contribution in [0.3, 0.4) is 0 Å². The van der Waals surface area contributed by atoms with Crippen molar-refractivity contribution in [3.05, 3.63) is 0 Å². The van der Waals surface area contributed by atoms with Crippen LogP contribution in [0, 0.1) is 0 Å². The van der Waals surface area contributed by atoms with Gasteiger partial charge in [0.05, 0.1) is 6.61 Å². The van der Waals surface area contributed by atoms with Crippen molar-refractivity contribution in [3.8, 4) is 0 Å². The van der Waals surface area contributed by atoms with Gasteiger partial charge in [0.15, 0.2) is 0 Å². The molecule has 0 aromatic carbocycles. The largest absolute Gasteiger partial charge is 0.463 e. The molecule has 3 heteroatoms. The molecule has 0 aliphatic carbocycles. The SMILES string of the molecule is C.CCCCCCCCCCCCCCCC(=O)OCC1CO1.